The maximum atomic E-state index is 9.00. The van der Waals surface area contributed by atoms with Crippen molar-refractivity contribution >= 4 is 0 Å². The third kappa shape index (κ3) is 1.62. The van der Waals surface area contributed by atoms with Gasteiger partial charge in [-0.05, 0) is 0 Å². The first-order chi connectivity index (χ1) is 2.81. The van der Waals surface area contributed by atoms with Gasteiger partial charge in [-0.3, -0.25) is 5.21 Å². The maximum absolute atomic E-state index is 9.00. The number of rotatable bonds is 2. The number of hydrogen-bond acceptors (Lipinski definition) is 4. The Labute approximate surface area is 33.7 Å². The Bertz CT molecular complexity index is 46.1. The molecule has 0 aromatic rings. The Morgan fingerprint density at radius 2 is 2.33 bits per heavy atom. The summed E-state index contributed by atoms with van der Waals surface area (Å²) >= 11 is 0. The highest BCUT2D eigenvalue weighted by atomic mass is 16.6. The summed E-state index contributed by atoms with van der Waals surface area (Å²) in [6.45, 7) is -0.760. The average Bonchev–Trinajstić information content (AvgIpc) is 1.65. The summed E-state index contributed by atoms with van der Waals surface area (Å²) in [7, 11) is 0. The monoisotopic (exact) mass is 92.0 g/mol. The van der Waals surface area contributed by atoms with Crippen LogP contribution in [0.25, 0.3) is 0 Å². The molecule has 0 atom stereocenters. The van der Waals surface area contributed by atoms with Crippen LogP contribution in [0.3, 0.4) is 0 Å². The fraction of sp³-hybridized carbons (Fsp3) is 1.00. The van der Waals surface area contributed by atoms with Crippen LogP contribution < -0.4 is 0 Å². The molecule has 0 amide bonds. The SMILES string of the molecule is O=NN(O)CO. The minimum atomic E-state index is -0.760. The topological polar surface area (TPSA) is 73.1 Å². The molecule has 2 N–H and O–H groups in total. The van der Waals surface area contributed by atoms with Gasteiger partial charge in [0.05, 0.1) is 5.29 Å². The molecule has 0 saturated carbocycles. The summed E-state index contributed by atoms with van der Waals surface area (Å²) in [6, 6.07) is 0. The third-order valence-electron chi connectivity index (χ3n) is 0.221. The van der Waals surface area contributed by atoms with E-state index < -0.39 is 6.73 Å². The molecule has 0 spiro atoms. The molecule has 0 saturated heterocycles. The number of hydroxylamine groups is 1. The first-order valence-corrected chi connectivity index (χ1v) is 1.22. The van der Waals surface area contributed by atoms with Gasteiger partial charge in [0.1, 0.15) is 0 Å². The van der Waals surface area contributed by atoms with Crippen molar-refractivity contribution in [1.82, 2.24) is 5.17 Å². The first kappa shape index (κ1) is 5.32. The number of hydrogen-bond donors (Lipinski definition) is 2. The normalized spacial score (nSPS) is 7.67. The van der Waals surface area contributed by atoms with Crippen LogP contribution in [0.1, 0.15) is 0 Å². The van der Waals surface area contributed by atoms with E-state index in [1.807, 2.05) is 5.29 Å². The van der Waals surface area contributed by atoms with E-state index in [9.17, 15) is 0 Å². The van der Waals surface area contributed by atoms with Gasteiger partial charge in [-0.25, -0.2) is 0 Å². The van der Waals surface area contributed by atoms with Crippen molar-refractivity contribution in [2.45, 2.75) is 0 Å². The molecule has 5 heteroatoms. The van der Waals surface area contributed by atoms with Crippen molar-refractivity contribution in [2.75, 3.05) is 6.73 Å². The smallest absolute Gasteiger partial charge is 0.162 e. The van der Waals surface area contributed by atoms with Gasteiger partial charge in [0.2, 0.25) is 0 Å². The fourth-order valence-corrected chi connectivity index (χ4v) is 0.0258. The average molecular weight is 92.1 g/mol. The number of nitrogens with zero attached hydrogens (tertiary/aromatic N) is 2. The first-order valence-electron chi connectivity index (χ1n) is 1.22. The summed E-state index contributed by atoms with van der Waals surface area (Å²) in [5.41, 5.74) is 0. The highest BCUT2D eigenvalue weighted by Crippen LogP contribution is 1.71. The minimum Gasteiger partial charge on any atom is -0.372 e. The van der Waals surface area contributed by atoms with Gasteiger partial charge in [0, 0.05) is 0 Å². The molecule has 0 heterocycles. The van der Waals surface area contributed by atoms with Crippen molar-refractivity contribution in [3.8, 4) is 0 Å². The Morgan fingerprint density at radius 3 is 2.33 bits per heavy atom. The quantitative estimate of drug-likeness (QED) is 0.268. The number of aliphatic hydroxyl groups is 1. The molecule has 0 fully saturated rings. The van der Waals surface area contributed by atoms with Crippen LogP contribution in [0.4, 0.5) is 0 Å². The molecule has 0 aliphatic carbocycles. The summed E-state index contributed by atoms with van der Waals surface area (Å²) in [5, 5.41) is 17.3. The maximum Gasteiger partial charge on any atom is 0.162 e. The van der Waals surface area contributed by atoms with Gasteiger partial charge in [-0.1, -0.05) is 0 Å². The number of aliphatic hydroxyl groups excluding tert-OH is 1. The van der Waals surface area contributed by atoms with Crippen LogP contribution in [-0.2, 0) is 0 Å². The van der Waals surface area contributed by atoms with Crippen LogP contribution in [-0.4, -0.2) is 22.2 Å². The Kier molecular flexibility index (Phi) is 2.26. The van der Waals surface area contributed by atoms with E-state index in [0.29, 0.717) is 0 Å². The van der Waals surface area contributed by atoms with Crippen LogP contribution in [0.2, 0.25) is 0 Å². The molecule has 0 aliphatic heterocycles. The second-order valence-corrected chi connectivity index (χ2v) is 0.595. The molecule has 36 valence electrons. The van der Waals surface area contributed by atoms with Gasteiger partial charge < -0.3 is 5.11 Å². The molecular formula is CH4N2O3. The molecule has 0 aromatic heterocycles. The molecule has 0 aromatic carbocycles. The summed E-state index contributed by atoms with van der Waals surface area (Å²) in [6.07, 6.45) is 0. The van der Waals surface area contributed by atoms with Crippen LogP contribution in [0.15, 0.2) is 5.29 Å². The minimum absolute atomic E-state index is 0.125. The zero-order valence-corrected chi connectivity index (χ0v) is 2.90. The Balaban J connectivity index is 2.96. The predicted molar refractivity (Wildman–Crippen MR) is 16.5 cm³/mol. The summed E-state index contributed by atoms with van der Waals surface area (Å²) < 4.78 is 0. The van der Waals surface area contributed by atoms with E-state index in [4.69, 9.17) is 15.2 Å². The molecular weight excluding hydrogens is 88.0 g/mol. The lowest BCUT2D eigenvalue weighted by molar-refractivity contribution is -0.143. The zero-order chi connectivity index (χ0) is 4.99. The van der Waals surface area contributed by atoms with E-state index >= 15 is 0 Å². The van der Waals surface area contributed by atoms with Gasteiger partial charge in [0.15, 0.2) is 6.73 Å². The van der Waals surface area contributed by atoms with E-state index in [2.05, 4.69) is 0 Å². The molecule has 0 unspecified atom stereocenters. The third-order valence-corrected chi connectivity index (χ3v) is 0.221. The van der Waals surface area contributed by atoms with E-state index in [-0.39, 0.29) is 5.17 Å². The van der Waals surface area contributed by atoms with E-state index in [1.54, 1.807) is 0 Å². The van der Waals surface area contributed by atoms with Crippen LogP contribution in [0.5, 0.6) is 0 Å². The Hall–Kier alpha value is -0.680. The van der Waals surface area contributed by atoms with Crippen molar-refractivity contribution in [3.63, 3.8) is 0 Å². The second-order valence-electron chi connectivity index (χ2n) is 0.595. The van der Waals surface area contributed by atoms with E-state index in [1.165, 1.54) is 0 Å². The van der Waals surface area contributed by atoms with Gasteiger partial charge in [0.25, 0.3) is 0 Å². The largest absolute Gasteiger partial charge is 0.372 e. The van der Waals surface area contributed by atoms with Gasteiger partial charge in [-0.15, -0.1) is 10.1 Å². The summed E-state index contributed by atoms with van der Waals surface area (Å²) in [4.78, 5) is 9.00. The second kappa shape index (κ2) is 2.55. The molecule has 5 nitrogen and oxygen atoms in total. The molecule has 0 radical (unpaired) electrons. The molecule has 0 rings (SSSR count). The van der Waals surface area contributed by atoms with Gasteiger partial charge >= 0.3 is 0 Å². The van der Waals surface area contributed by atoms with Crippen molar-refractivity contribution in [1.29, 1.82) is 0 Å². The van der Waals surface area contributed by atoms with Crippen molar-refractivity contribution < 1.29 is 10.3 Å². The lowest BCUT2D eigenvalue weighted by atomic mass is 11.3. The summed E-state index contributed by atoms with van der Waals surface area (Å²) in [5.74, 6) is 0. The van der Waals surface area contributed by atoms with Crippen molar-refractivity contribution in [3.05, 3.63) is 4.91 Å². The standard InChI is InChI=1S/CH4N2O3/c4-1-3(6)2-5/h4,6H,1H2. The highest BCUT2D eigenvalue weighted by Gasteiger charge is 1.84. The zero-order valence-electron chi connectivity index (χ0n) is 2.90. The number of nitroso groups, excluding NO2 is 1. The predicted octanol–water partition coefficient (Wildman–Crippen LogP) is -0.691. The van der Waals surface area contributed by atoms with E-state index in [0.717, 1.165) is 0 Å². The lowest BCUT2D eigenvalue weighted by Gasteiger charge is -1.95. The molecule has 0 bridgehead atoms. The Morgan fingerprint density at radius 1 is 1.83 bits per heavy atom. The van der Waals surface area contributed by atoms with Crippen molar-refractivity contribution in [2.24, 2.45) is 5.29 Å². The van der Waals surface area contributed by atoms with Gasteiger partial charge in [-0.2, -0.15) is 0 Å². The highest BCUT2D eigenvalue weighted by molar-refractivity contribution is 4.11. The molecule has 6 heavy (non-hydrogen) atoms. The van der Waals surface area contributed by atoms with Crippen LogP contribution >= 0.6 is 0 Å². The molecule has 0 aliphatic rings. The lowest BCUT2D eigenvalue weighted by Crippen LogP contribution is -2.10. The fourth-order valence-electron chi connectivity index (χ4n) is 0.0258. The van der Waals surface area contributed by atoms with Crippen LogP contribution in [0, 0.1) is 4.91 Å².